The van der Waals surface area contributed by atoms with Gasteiger partial charge in [-0.2, -0.15) is 0 Å². The van der Waals surface area contributed by atoms with Gasteiger partial charge in [-0.05, 0) is 32.4 Å². The van der Waals surface area contributed by atoms with Gasteiger partial charge in [-0.3, -0.25) is 0 Å². The van der Waals surface area contributed by atoms with Crippen molar-refractivity contribution in [2.75, 3.05) is 11.9 Å². The lowest BCUT2D eigenvalue weighted by atomic mass is 9.92. The normalized spacial score (nSPS) is 13.9. The van der Waals surface area contributed by atoms with Crippen LogP contribution in [0.3, 0.4) is 0 Å². The van der Waals surface area contributed by atoms with E-state index in [1.54, 1.807) is 0 Å². The Kier molecular flexibility index (Phi) is 3.81. The summed E-state index contributed by atoms with van der Waals surface area (Å²) in [4.78, 5) is 8.83. The van der Waals surface area contributed by atoms with Crippen LogP contribution in [-0.2, 0) is 5.54 Å². The summed E-state index contributed by atoms with van der Waals surface area (Å²) in [6.07, 6.45) is 0. The fourth-order valence-corrected chi connectivity index (χ4v) is 2.08. The first-order valence-electron chi connectivity index (χ1n) is 6.39. The molecule has 2 rings (SSSR count). The summed E-state index contributed by atoms with van der Waals surface area (Å²) in [5.74, 6) is 0.620. The number of rotatable bonds is 4. The highest BCUT2D eigenvalue weighted by Gasteiger charge is 2.25. The van der Waals surface area contributed by atoms with Crippen LogP contribution in [0.1, 0.15) is 23.9 Å². The van der Waals surface area contributed by atoms with Crippen molar-refractivity contribution >= 4 is 5.95 Å². The van der Waals surface area contributed by atoms with Crippen molar-refractivity contribution in [3.05, 3.63) is 53.3 Å². The second-order valence-electron chi connectivity index (χ2n) is 5.00. The van der Waals surface area contributed by atoms with E-state index in [4.69, 9.17) is 5.73 Å². The number of hydrogen-bond donors (Lipinski definition) is 2. The summed E-state index contributed by atoms with van der Waals surface area (Å²) in [6, 6.07) is 12.1. The number of nitrogens with one attached hydrogen (secondary N) is 1. The summed E-state index contributed by atoms with van der Waals surface area (Å²) >= 11 is 0. The molecule has 1 atom stereocenters. The molecule has 1 aromatic carbocycles. The van der Waals surface area contributed by atoms with E-state index in [2.05, 4.69) is 34.3 Å². The van der Waals surface area contributed by atoms with Crippen LogP contribution in [0.2, 0.25) is 0 Å². The van der Waals surface area contributed by atoms with E-state index in [1.165, 1.54) is 0 Å². The highest BCUT2D eigenvalue weighted by molar-refractivity contribution is 5.38. The van der Waals surface area contributed by atoms with E-state index in [0.717, 1.165) is 17.0 Å². The summed E-state index contributed by atoms with van der Waals surface area (Å²) in [6.45, 7) is 6.45. The smallest absolute Gasteiger partial charge is 0.223 e. The third-order valence-electron chi connectivity index (χ3n) is 3.19. The second kappa shape index (κ2) is 5.36. The van der Waals surface area contributed by atoms with Crippen molar-refractivity contribution in [1.82, 2.24) is 9.97 Å². The van der Waals surface area contributed by atoms with E-state index in [1.807, 2.05) is 38.1 Å². The van der Waals surface area contributed by atoms with Crippen LogP contribution in [0.25, 0.3) is 0 Å². The van der Waals surface area contributed by atoms with E-state index in [0.29, 0.717) is 12.5 Å². The average Bonchev–Trinajstić information content (AvgIpc) is 2.38. The largest absolute Gasteiger partial charge is 0.344 e. The molecule has 0 aliphatic carbocycles. The van der Waals surface area contributed by atoms with Gasteiger partial charge in [-0.15, -0.1) is 0 Å². The minimum absolute atomic E-state index is 0.374. The van der Waals surface area contributed by atoms with Crippen molar-refractivity contribution in [3.63, 3.8) is 0 Å². The van der Waals surface area contributed by atoms with Crippen LogP contribution >= 0.6 is 0 Å². The quantitative estimate of drug-likeness (QED) is 0.881. The van der Waals surface area contributed by atoms with Gasteiger partial charge in [0.25, 0.3) is 0 Å². The van der Waals surface area contributed by atoms with E-state index in [9.17, 15) is 0 Å². The molecule has 100 valence electrons. The fraction of sp³-hybridized carbons (Fsp3) is 0.333. The maximum absolute atomic E-state index is 5.94. The van der Waals surface area contributed by atoms with Crippen molar-refractivity contribution in [2.24, 2.45) is 5.73 Å². The van der Waals surface area contributed by atoms with Gasteiger partial charge in [0.2, 0.25) is 5.95 Å². The molecule has 0 saturated carbocycles. The van der Waals surface area contributed by atoms with Gasteiger partial charge in [-0.1, -0.05) is 30.3 Å². The minimum atomic E-state index is -0.374. The number of aryl methyl sites for hydroxylation is 2. The zero-order valence-electron chi connectivity index (χ0n) is 11.6. The Hall–Kier alpha value is -1.94. The topological polar surface area (TPSA) is 63.8 Å². The Morgan fingerprint density at radius 3 is 2.21 bits per heavy atom. The number of nitrogens with zero attached hydrogens (tertiary/aromatic N) is 2. The fourth-order valence-electron chi connectivity index (χ4n) is 2.08. The van der Waals surface area contributed by atoms with Crippen molar-refractivity contribution < 1.29 is 0 Å². The monoisotopic (exact) mass is 256 g/mol. The van der Waals surface area contributed by atoms with Crippen LogP contribution in [0, 0.1) is 13.8 Å². The van der Waals surface area contributed by atoms with Gasteiger partial charge in [0.05, 0.1) is 5.54 Å². The average molecular weight is 256 g/mol. The molecule has 4 nitrogen and oxygen atoms in total. The van der Waals surface area contributed by atoms with Crippen LogP contribution in [0.4, 0.5) is 5.95 Å². The lowest BCUT2D eigenvalue weighted by Gasteiger charge is -2.30. The Balaban J connectivity index is 2.33. The number of aromatic nitrogens is 2. The van der Waals surface area contributed by atoms with E-state index < -0.39 is 0 Å². The number of nitrogens with two attached hydrogens (primary N) is 1. The van der Waals surface area contributed by atoms with Crippen molar-refractivity contribution in [3.8, 4) is 0 Å². The summed E-state index contributed by atoms with van der Waals surface area (Å²) in [5, 5.41) is 3.36. The number of hydrogen-bond acceptors (Lipinski definition) is 4. The molecule has 0 radical (unpaired) electrons. The Morgan fingerprint density at radius 2 is 1.68 bits per heavy atom. The molecule has 3 N–H and O–H groups in total. The van der Waals surface area contributed by atoms with E-state index in [-0.39, 0.29) is 5.54 Å². The molecule has 19 heavy (non-hydrogen) atoms. The molecule has 1 aromatic heterocycles. The molecule has 1 unspecified atom stereocenters. The van der Waals surface area contributed by atoms with Gasteiger partial charge in [0.1, 0.15) is 0 Å². The van der Waals surface area contributed by atoms with Crippen molar-refractivity contribution in [2.45, 2.75) is 26.3 Å². The SMILES string of the molecule is Cc1cc(C)nc(NC(C)(CN)c2ccccc2)n1. The molecule has 4 heteroatoms. The summed E-state index contributed by atoms with van der Waals surface area (Å²) in [7, 11) is 0. The molecule has 0 bridgehead atoms. The van der Waals surface area contributed by atoms with Crippen LogP contribution < -0.4 is 11.1 Å². The highest BCUT2D eigenvalue weighted by atomic mass is 15.1. The highest BCUT2D eigenvalue weighted by Crippen LogP contribution is 2.23. The van der Waals surface area contributed by atoms with E-state index >= 15 is 0 Å². The zero-order chi connectivity index (χ0) is 13.9. The number of anilines is 1. The molecule has 0 amide bonds. The summed E-state index contributed by atoms with van der Waals surface area (Å²) < 4.78 is 0. The predicted molar refractivity (Wildman–Crippen MR) is 78.0 cm³/mol. The van der Waals surface area contributed by atoms with Crippen LogP contribution in [0.5, 0.6) is 0 Å². The first kappa shape index (κ1) is 13.5. The Labute approximate surface area is 114 Å². The first-order valence-corrected chi connectivity index (χ1v) is 6.39. The van der Waals surface area contributed by atoms with Gasteiger partial charge >= 0.3 is 0 Å². The van der Waals surface area contributed by atoms with Gasteiger partial charge in [0.15, 0.2) is 0 Å². The van der Waals surface area contributed by atoms with Crippen molar-refractivity contribution in [1.29, 1.82) is 0 Å². The maximum Gasteiger partial charge on any atom is 0.223 e. The molecule has 0 aliphatic rings. The summed E-state index contributed by atoms with van der Waals surface area (Å²) in [5.41, 5.74) is 8.59. The van der Waals surface area contributed by atoms with Crippen LogP contribution in [-0.4, -0.2) is 16.5 Å². The lowest BCUT2D eigenvalue weighted by molar-refractivity contribution is 0.550. The minimum Gasteiger partial charge on any atom is -0.344 e. The Morgan fingerprint density at radius 1 is 1.11 bits per heavy atom. The number of benzene rings is 1. The molecule has 0 fully saturated rings. The van der Waals surface area contributed by atoms with Gasteiger partial charge in [0, 0.05) is 17.9 Å². The Bertz CT molecular complexity index is 533. The molecule has 0 aliphatic heterocycles. The third kappa shape index (κ3) is 3.09. The first-order chi connectivity index (χ1) is 9.03. The standard InChI is InChI=1S/C15H20N4/c1-11-9-12(2)18-14(17-11)19-15(3,10-16)13-7-5-4-6-8-13/h4-9H,10,16H2,1-3H3,(H,17,18,19). The van der Waals surface area contributed by atoms with Crippen LogP contribution in [0.15, 0.2) is 36.4 Å². The molecule has 1 heterocycles. The molecule has 0 spiro atoms. The zero-order valence-corrected chi connectivity index (χ0v) is 11.6. The molecule has 2 aromatic rings. The maximum atomic E-state index is 5.94. The predicted octanol–water partition coefficient (Wildman–Crippen LogP) is 2.38. The molecule has 0 saturated heterocycles. The molecular weight excluding hydrogens is 236 g/mol. The van der Waals surface area contributed by atoms with Gasteiger partial charge in [-0.25, -0.2) is 9.97 Å². The lowest BCUT2D eigenvalue weighted by Crippen LogP contribution is -2.40. The molecular formula is C15H20N4. The van der Waals surface area contributed by atoms with Gasteiger partial charge < -0.3 is 11.1 Å². The second-order valence-corrected chi connectivity index (χ2v) is 5.00. The third-order valence-corrected chi connectivity index (χ3v) is 3.19.